The minimum absolute atomic E-state index is 0.180. The maximum absolute atomic E-state index is 12.1. The Labute approximate surface area is 137 Å². The van der Waals surface area contributed by atoms with Gasteiger partial charge < -0.3 is 14.5 Å². The molecule has 2 rings (SSSR count). The van der Waals surface area contributed by atoms with Crippen LogP contribution in [0.25, 0.3) is 0 Å². The Hall–Kier alpha value is -2.29. The van der Waals surface area contributed by atoms with E-state index >= 15 is 0 Å². The van der Waals surface area contributed by atoms with Crippen molar-refractivity contribution in [3.05, 3.63) is 23.9 Å². The van der Waals surface area contributed by atoms with Crippen LogP contribution < -0.4 is 4.90 Å². The average Bonchev–Trinajstić information content (AvgIpc) is 2.53. The van der Waals surface area contributed by atoms with Crippen LogP contribution in [0.1, 0.15) is 39.2 Å². The van der Waals surface area contributed by atoms with Gasteiger partial charge in [-0.2, -0.15) is 5.26 Å². The highest BCUT2D eigenvalue weighted by Crippen LogP contribution is 2.22. The second-order valence-electron chi connectivity index (χ2n) is 6.83. The lowest BCUT2D eigenvalue weighted by molar-refractivity contribution is 0.0201. The standard InChI is InChI=1S/C17H24N4O2/c1-17(2,3)23-16(22)20(4)14-7-9-21(10-8-14)15-6-5-13(11-18)12-19-15/h5-6,12,14H,7-10H2,1-4H3. The lowest BCUT2D eigenvalue weighted by Gasteiger charge is -2.37. The van der Waals surface area contributed by atoms with E-state index in [0.29, 0.717) is 5.56 Å². The Bertz CT molecular complexity index is 578. The molecule has 2 heterocycles. The van der Waals surface area contributed by atoms with E-state index in [9.17, 15) is 4.79 Å². The summed E-state index contributed by atoms with van der Waals surface area (Å²) in [5.74, 6) is 0.877. The Morgan fingerprint density at radius 1 is 1.39 bits per heavy atom. The summed E-state index contributed by atoms with van der Waals surface area (Å²) in [6.07, 6.45) is 3.07. The van der Waals surface area contributed by atoms with Crippen molar-refractivity contribution in [2.24, 2.45) is 0 Å². The second kappa shape index (κ2) is 6.86. The topological polar surface area (TPSA) is 69.5 Å². The van der Waals surface area contributed by atoms with Crippen LogP contribution >= 0.6 is 0 Å². The number of piperidine rings is 1. The van der Waals surface area contributed by atoms with Crippen LogP contribution in [0.5, 0.6) is 0 Å². The van der Waals surface area contributed by atoms with Crippen LogP contribution in [0.3, 0.4) is 0 Å². The third-order valence-corrected chi connectivity index (χ3v) is 3.89. The number of hydrogen-bond acceptors (Lipinski definition) is 5. The van der Waals surface area contributed by atoms with Gasteiger partial charge >= 0.3 is 6.09 Å². The monoisotopic (exact) mass is 316 g/mol. The summed E-state index contributed by atoms with van der Waals surface area (Å²) in [5, 5.41) is 8.81. The van der Waals surface area contributed by atoms with Gasteiger partial charge in [0.15, 0.2) is 0 Å². The lowest BCUT2D eigenvalue weighted by atomic mass is 10.0. The van der Waals surface area contributed by atoms with Gasteiger partial charge in [-0.05, 0) is 45.7 Å². The maximum Gasteiger partial charge on any atom is 0.410 e. The normalized spacial score (nSPS) is 15.9. The van der Waals surface area contributed by atoms with E-state index in [1.807, 2.05) is 26.8 Å². The van der Waals surface area contributed by atoms with Gasteiger partial charge in [-0.3, -0.25) is 0 Å². The number of amides is 1. The highest BCUT2D eigenvalue weighted by Gasteiger charge is 2.28. The molecule has 1 aromatic rings. The highest BCUT2D eigenvalue weighted by molar-refractivity contribution is 5.68. The third-order valence-electron chi connectivity index (χ3n) is 3.89. The number of carbonyl (C=O) groups is 1. The van der Waals surface area contributed by atoms with Crippen molar-refractivity contribution in [3.8, 4) is 6.07 Å². The van der Waals surface area contributed by atoms with E-state index in [4.69, 9.17) is 10.00 Å². The molecule has 0 radical (unpaired) electrons. The van der Waals surface area contributed by atoms with E-state index in [1.54, 1.807) is 24.2 Å². The molecule has 1 fully saturated rings. The molecular weight excluding hydrogens is 292 g/mol. The fourth-order valence-electron chi connectivity index (χ4n) is 2.60. The summed E-state index contributed by atoms with van der Waals surface area (Å²) in [5.41, 5.74) is 0.0895. The first-order valence-corrected chi connectivity index (χ1v) is 7.87. The molecular formula is C17H24N4O2. The molecule has 0 atom stereocenters. The first-order valence-electron chi connectivity index (χ1n) is 7.87. The molecule has 1 aromatic heterocycles. The van der Waals surface area contributed by atoms with Gasteiger partial charge in [0.1, 0.15) is 17.5 Å². The molecule has 0 N–H and O–H groups in total. The number of carbonyl (C=O) groups excluding carboxylic acids is 1. The zero-order chi connectivity index (χ0) is 17.0. The van der Waals surface area contributed by atoms with Crippen LogP contribution in [0.15, 0.2) is 18.3 Å². The Morgan fingerprint density at radius 2 is 2.04 bits per heavy atom. The Morgan fingerprint density at radius 3 is 2.52 bits per heavy atom. The molecule has 1 aliphatic rings. The predicted molar refractivity (Wildman–Crippen MR) is 88.2 cm³/mol. The third kappa shape index (κ3) is 4.59. The van der Waals surface area contributed by atoms with Crippen molar-refractivity contribution in [2.75, 3.05) is 25.0 Å². The molecule has 0 aromatic carbocycles. The number of pyridine rings is 1. The summed E-state index contributed by atoms with van der Waals surface area (Å²) in [6.45, 7) is 7.28. The van der Waals surface area contributed by atoms with Crippen LogP contribution in [0.4, 0.5) is 10.6 Å². The molecule has 0 unspecified atom stereocenters. The summed E-state index contributed by atoms with van der Waals surface area (Å²) < 4.78 is 5.42. The molecule has 124 valence electrons. The van der Waals surface area contributed by atoms with Gasteiger partial charge in [0, 0.05) is 32.4 Å². The number of hydrogen-bond donors (Lipinski definition) is 0. The number of aromatic nitrogens is 1. The fourth-order valence-corrected chi connectivity index (χ4v) is 2.60. The fraction of sp³-hybridized carbons (Fsp3) is 0.588. The van der Waals surface area contributed by atoms with Gasteiger partial charge in [0.25, 0.3) is 0 Å². The molecule has 6 nitrogen and oxygen atoms in total. The van der Waals surface area contributed by atoms with Crippen LogP contribution in [-0.4, -0.2) is 47.8 Å². The molecule has 1 aliphatic heterocycles. The summed E-state index contributed by atoms with van der Waals surface area (Å²) in [6, 6.07) is 5.90. The summed E-state index contributed by atoms with van der Waals surface area (Å²) in [7, 11) is 1.80. The van der Waals surface area contributed by atoms with Crippen LogP contribution in [0.2, 0.25) is 0 Å². The van der Waals surface area contributed by atoms with Gasteiger partial charge in [-0.15, -0.1) is 0 Å². The van der Waals surface area contributed by atoms with E-state index in [1.165, 1.54) is 0 Å². The van der Waals surface area contributed by atoms with Gasteiger partial charge in [-0.1, -0.05) is 0 Å². The number of anilines is 1. The minimum Gasteiger partial charge on any atom is -0.444 e. The molecule has 0 saturated carbocycles. The highest BCUT2D eigenvalue weighted by atomic mass is 16.6. The average molecular weight is 316 g/mol. The molecule has 23 heavy (non-hydrogen) atoms. The van der Waals surface area contributed by atoms with Crippen LogP contribution in [0, 0.1) is 11.3 Å². The summed E-state index contributed by atoms with van der Waals surface area (Å²) in [4.78, 5) is 20.3. The van der Waals surface area contributed by atoms with Crippen LogP contribution in [-0.2, 0) is 4.74 Å². The largest absolute Gasteiger partial charge is 0.444 e. The molecule has 0 bridgehead atoms. The van der Waals surface area contributed by atoms with Gasteiger partial charge in [0.05, 0.1) is 5.56 Å². The minimum atomic E-state index is -0.474. The van der Waals surface area contributed by atoms with Crippen molar-refractivity contribution < 1.29 is 9.53 Å². The summed E-state index contributed by atoms with van der Waals surface area (Å²) >= 11 is 0. The number of rotatable bonds is 2. The van der Waals surface area contributed by atoms with Crippen molar-refractivity contribution in [3.63, 3.8) is 0 Å². The molecule has 0 spiro atoms. The second-order valence-corrected chi connectivity index (χ2v) is 6.83. The van der Waals surface area contributed by atoms with E-state index in [0.717, 1.165) is 31.7 Å². The SMILES string of the molecule is CN(C(=O)OC(C)(C)C)C1CCN(c2ccc(C#N)cn2)CC1. The van der Waals surface area contributed by atoms with Crippen molar-refractivity contribution >= 4 is 11.9 Å². The number of nitrogens with zero attached hydrogens (tertiary/aromatic N) is 4. The lowest BCUT2D eigenvalue weighted by Crippen LogP contribution is -2.47. The first-order chi connectivity index (χ1) is 10.8. The Kier molecular flexibility index (Phi) is 5.09. The molecule has 6 heteroatoms. The van der Waals surface area contributed by atoms with Gasteiger partial charge in [0.2, 0.25) is 0 Å². The molecule has 0 aliphatic carbocycles. The smallest absolute Gasteiger partial charge is 0.410 e. The predicted octanol–water partition coefficient (Wildman–Crippen LogP) is 2.79. The zero-order valence-corrected chi connectivity index (χ0v) is 14.2. The molecule has 1 amide bonds. The molecule has 1 saturated heterocycles. The van der Waals surface area contributed by atoms with E-state index < -0.39 is 5.60 Å². The maximum atomic E-state index is 12.1. The van der Waals surface area contributed by atoms with Gasteiger partial charge in [-0.25, -0.2) is 9.78 Å². The quantitative estimate of drug-likeness (QED) is 0.839. The number of nitriles is 1. The zero-order valence-electron chi connectivity index (χ0n) is 14.2. The van der Waals surface area contributed by atoms with Crippen molar-refractivity contribution in [1.29, 1.82) is 5.26 Å². The Balaban J connectivity index is 1.90. The van der Waals surface area contributed by atoms with E-state index in [-0.39, 0.29) is 12.1 Å². The van der Waals surface area contributed by atoms with E-state index in [2.05, 4.69) is 16.0 Å². The first kappa shape index (κ1) is 17.1. The van der Waals surface area contributed by atoms with Crippen molar-refractivity contribution in [1.82, 2.24) is 9.88 Å². The van der Waals surface area contributed by atoms with Crippen molar-refractivity contribution in [2.45, 2.75) is 45.3 Å². The number of ether oxygens (including phenoxy) is 1.